The van der Waals surface area contributed by atoms with E-state index in [0.717, 1.165) is 22.4 Å². The minimum absolute atomic E-state index is 0.104. The first-order chi connectivity index (χ1) is 15.1. The van der Waals surface area contributed by atoms with Gasteiger partial charge in [-0.2, -0.15) is 5.10 Å². The summed E-state index contributed by atoms with van der Waals surface area (Å²) < 4.78 is 11.5. The Kier molecular flexibility index (Phi) is 4.62. The van der Waals surface area contributed by atoms with Crippen molar-refractivity contribution in [2.24, 2.45) is 0 Å². The lowest BCUT2D eigenvalue weighted by atomic mass is 10.2. The van der Waals surface area contributed by atoms with Crippen molar-refractivity contribution < 1.29 is 19.1 Å². The molecule has 0 aliphatic carbocycles. The molecule has 9 heteroatoms. The summed E-state index contributed by atoms with van der Waals surface area (Å²) >= 11 is 0. The van der Waals surface area contributed by atoms with E-state index >= 15 is 0 Å². The van der Waals surface area contributed by atoms with Crippen molar-refractivity contribution in [2.75, 3.05) is 23.6 Å². The summed E-state index contributed by atoms with van der Waals surface area (Å²) in [6, 6.07) is 15.3. The number of hydrogen-bond acceptors (Lipinski definition) is 6. The van der Waals surface area contributed by atoms with Crippen LogP contribution in [-0.2, 0) is 17.8 Å². The molecule has 0 bridgehead atoms. The van der Waals surface area contributed by atoms with Crippen molar-refractivity contribution in [2.45, 2.75) is 13.0 Å². The SMILES string of the molecule is O=C(Cn1nc(C(=O)N2CCc3ccccc32)ccc1=O)Nc1ccc2c(c1)OCO2. The fraction of sp³-hybridized carbons (Fsp3) is 0.182. The number of ether oxygens (including phenoxy) is 2. The molecule has 2 aliphatic rings. The molecule has 3 heterocycles. The highest BCUT2D eigenvalue weighted by Gasteiger charge is 2.26. The Morgan fingerprint density at radius 3 is 2.77 bits per heavy atom. The van der Waals surface area contributed by atoms with Crippen LogP contribution >= 0.6 is 0 Å². The molecular formula is C22H18N4O5. The Morgan fingerprint density at radius 1 is 1.03 bits per heavy atom. The van der Waals surface area contributed by atoms with Crippen molar-refractivity contribution >= 4 is 23.2 Å². The number of para-hydroxylation sites is 1. The second-order valence-electron chi connectivity index (χ2n) is 7.17. The van der Waals surface area contributed by atoms with Gasteiger partial charge in [0, 0.05) is 30.1 Å². The van der Waals surface area contributed by atoms with Crippen LogP contribution in [0, 0.1) is 0 Å². The van der Waals surface area contributed by atoms with E-state index in [-0.39, 0.29) is 24.9 Å². The summed E-state index contributed by atoms with van der Waals surface area (Å²) in [5, 5.41) is 6.83. The number of rotatable bonds is 4. The summed E-state index contributed by atoms with van der Waals surface area (Å²) in [4.78, 5) is 39.3. The van der Waals surface area contributed by atoms with Gasteiger partial charge in [-0.25, -0.2) is 4.68 Å². The van der Waals surface area contributed by atoms with Gasteiger partial charge in [-0.05, 0) is 36.2 Å². The molecule has 0 radical (unpaired) electrons. The molecule has 1 aromatic heterocycles. The van der Waals surface area contributed by atoms with Crippen LogP contribution in [0.4, 0.5) is 11.4 Å². The molecule has 3 aromatic rings. The molecule has 5 rings (SSSR count). The number of benzene rings is 2. The molecule has 1 N–H and O–H groups in total. The molecule has 0 saturated heterocycles. The van der Waals surface area contributed by atoms with Gasteiger partial charge in [-0.1, -0.05) is 18.2 Å². The molecule has 2 aromatic carbocycles. The molecule has 2 aliphatic heterocycles. The average molecular weight is 418 g/mol. The molecule has 156 valence electrons. The third kappa shape index (κ3) is 3.61. The number of anilines is 2. The van der Waals surface area contributed by atoms with Crippen LogP contribution < -0.4 is 25.2 Å². The van der Waals surface area contributed by atoms with Crippen molar-refractivity contribution in [1.29, 1.82) is 0 Å². The van der Waals surface area contributed by atoms with Gasteiger partial charge in [0.2, 0.25) is 12.7 Å². The van der Waals surface area contributed by atoms with Crippen molar-refractivity contribution in [3.63, 3.8) is 0 Å². The molecule has 9 nitrogen and oxygen atoms in total. The third-order valence-electron chi connectivity index (χ3n) is 5.17. The van der Waals surface area contributed by atoms with Gasteiger partial charge in [0.1, 0.15) is 12.2 Å². The van der Waals surface area contributed by atoms with E-state index < -0.39 is 11.5 Å². The molecule has 31 heavy (non-hydrogen) atoms. The maximum Gasteiger partial charge on any atom is 0.278 e. The highest BCUT2D eigenvalue weighted by molar-refractivity contribution is 6.06. The Labute approximate surface area is 176 Å². The standard InChI is InChI=1S/C22H18N4O5/c27-20(23-15-5-7-18-19(11-15)31-13-30-18)12-26-21(28)8-6-16(24-26)22(29)25-10-9-14-3-1-2-4-17(14)25/h1-8,11H,9-10,12-13H2,(H,23,27). The first-order valence-corrected chi connectivity index (χ1v) is 9.76. The van der Waals surface area contributed by atoms with Gasteiger partial charge < -0.3 is 19.7 Å². The fourth-order valence-electron chi connectivity index (χ4n) is 3.67. The first-order valence-electron chi connectivity index (χ1n) is 9.76. The molecule has 0 unspecified atom stereocenters. The summed E-state index contributed by atoms with van der Waals surface area (Å²) in [5.41, 5.74) is 2.06. The van der Waals surface area contributed by atoms with Gasteiger partial charge in [0.25, 0.3) is 11.5 Å². The van der Waals surface area contributed by atoms with Gasteiger partial charge in [0.15, 0.2) is 11.5 Å². The monoisotopic (exact) mass is 418 g/mol. The molecule has 0 spiro atoms. The van der Waals surface area contributed by atoms with Gasteiger partial charge in [0.05, 0.1) is 0 Å². The van der Waals surface area contributed by atoms with Crippen molar-refractivity contribution in [3.8, 4) is 11.5 Å². The quantitative estimate of drug-likeness (QED) is 0.693. The van der Waals surface area contributed by atoms with Gasteiger partial charge in [-0.3, -0.25) is 14.4 Å². The molecule has 0 saturated carbocycles. The highest BCUT2D eigenvalue weighted by atomic mass is 16.7. The lowest BCUT2D eigenvalue weighted by molar-refractivity contribution is -0.117. The Hall–Kier alpha value is -4.14. The number of carbonyl (C=O) groups excluding carboxylic acids is 2. The van der Waals surface area contributed by atoms with E-state index in [1.54, 1.807) is 23.1 Å². The number of amides is 2. The topological polar surface area (TPSA) is 103 Å². The average Bonchev–Trinajstić information content (AvgIpc) is 3.41. The number of nitrogens with zero attached hydrogens (tertiary/aromatic N) is 3. The fourth-order valence-corrected chi connectivity index (χ4v) is 3.67. The highest BCUT2D eigenvalue weighted by Crippen LogP contribution is 2.34. The zero-order valence-electron chi connectivity index (χ0n) is 16.4. The van der Waals surface area contributed by atoms with Crippen LogP contribution in [0.5, 0.6) is 11.5 Å². The summed E-state index contributed by atoms with van der Waals surface area (Å²) in [5.74, 6) is 0.372. The van der Waals surface area contributed by atoms with Crippen LogP contribution in [0.1, 0.15) is 16.1 Å². The van der Waals surface area contributed by atoms with E-state index in [1.807, 2.05) is 24.3 Å². The van der Waals surface area contributed by atoms with Crippen LogP contribution in [0.2, 0.25) is 0 Å². The number of hydrogen-bond donors (Lipinski definition) is 1. The van der Waals surface area contributed by atoms with Crippen LogP contribution in [0.3, 0.4) is 0 Å². The number of nitrogens with one attached hydrogen (secondary N) is 1. The third-order valence-corrected chi connectivity index (χ3v) is 5.17. The Bertz CT molecular complexity index is 1250. The van der Waals surface area contributed by atoms with E-state index in [0.29, 0.717) is 23.7 Å². The predicted octanol–water partition coefficient (Wildman–Crippen LogP) is 1.81. The van der Waals surface area contributed by atoms with E-state index in [9.17, 15) is 14.4 Å². The second-order valence-corrected chi connectivity index (χ2v) is 7.17. The normalized spacial score (nSPS) is 13.7. The zero-order chi connectivity index (χ0) is 21.4. The maximum absolute atomic E-state index is 13.0. The van der Waals surface area contributed by atoms with Crippen LogP contribution in [0.15, 0.2) is 59.4 Å². The number of fused-ring (bicyclic) bond motifs is 2. The molecule has 2 amide bonds. The summed E-state index contributed by atoms with van der Waals surface area (Å²) in [6.07, 6.45) is 0.763. The maximum atomic E-state index is 13.0. The molecule has 0 atom stereocenters. The van der Waals surface area contributed by atoms with Crippen molar-refractivity contribution in [3.05, 3.63) is 76.2 Å². The Balaban J connectivity index is 1.32. The predicted molar refractivity (Wildman–Crippen MR) is 112 cm³/mol. The van der Waals surface area contributed by atoms with E-state index in [2.05, 4.69) is 10.4 Å². The minimum atomic E-state index is -0.473. The summed E-state index contributed by atoms with van der Waals surface area (Å²) in [6.45, 7) is 0.350. The lowest BCUT2D eigenvalue weighted by Crippen LogP contribution is -2.34. The van der Waals surface area contributed by atoms with Crippen LogP contribution in [-0.4, -0.2) is 34.9 Å². The molecule has 0 fully saturated rings. The molecular weight excluding hydrogens is 400 g/mol. The van der Waals surface area contributed by atoms with E-state index in [4.69, 9.17) is 9.47 Å². The van der Waals surface area contributed by atoms with Gasteiger partial charge in [-0.15, -0.1) is 0 Å². The first kappa shape index (κ1) is 18.9. The summed E-state index contributed by atoms with van der Waals surface area (Å²) in [7, 11) is 0. The van der Waals surface area contributed by atoms with Crippen molar-refractivity contribution in [1.82, 2.24) is 9.78 Å². The lowest BCUT2D eigenvalue weighted by Gasteiger charge is -2.17. The van der Waals surface area contributed by atoms with Gasteiger partial charge >= 0.3 is 0 Å². The Morgan fingerprint density at radius 2 is 1.87 bits per heavy atom. The zero-order valence-corrected chi connectivity index (χ0v) is 16.4. The largest absolute Gasteiger partial charge is 0.454 e. The second kappa shape index (κ2) is 7.60. The van der Waals surface area contributed by atoms with Crippen LogP contribution in [0.25, 0.3) is 0 Å². The van der Waals surface area contributed by atoms with E-state index in [1.165, 1.54) is 12.1 Å². The minimum Gasteiger partial charge on any atom is -0.454 e. The number of carbonyl (C=O) groups is 2. The smallest absolute Gasteiger partial charge is 0.278 e. The number of aromatic nitrogens is 2.